The Morgan fingerprint density at radius 1 is 1.31 bits per heavy atom. The van der Waals surface area contributed by atoms with Crippen molar-refractivity contribution in [2.75, 3.05) is 0 Å². The van der Waals surface area contributed by atoms with Crippen molar-refractivity contribution in [3.63, 3.8) is 0 Å². The molecule has 13 heavy (non-hydrogen) atoms. The maximum absolute atomic E-state index is 6.00. The molecule has 1 aliphatic carbocycles. The molecule has 0 unspecified atom stereocenters. The summed E-state index contributed by atoms with van der Waals surface area (Å²) in [5.41, 5.74) is 7.85. The SMILES string of the molecule is CC(C)(N)c1noc2c1CCCC2. The normalized spacial score (nSPS) is 17.2. The van der Waals surface area contributed by atoms with Gasteiger partial charge in [-0.25, -0.2) is 0 Å². The molecule has 1 aromatic rings. The summed E-state index contributed by atoms with van der Waals surface area (Å²) >= 11 is 0. The third kappa shape index (κ3) is 1.48. The van der Waals surface area contributed by atoms with Crippen molar-refractivity contribution in [3.05, 3.63) is 17.0 Å². The van der Waals surface area contributed by atoms with Crippen LogP contribution in [0.15, 0.2) is 4.52 Å². The van der Waals surface area contributed by atoms with Crippen molar-refractivity contribution in [1.82, 2.24) is 5.16 Å². The van der Waals surface area contributed by atoms with Gasteiger partial charge in [-0.3, -0.25) is 0 Å². The quantitative estimate of drug-likeness (QED) is 0.716. The molecule has 0 saturated carbocycles. The van der Waals surface area contributed by atoms with Crippen molar-refractivity contribution in [2.45, 2.75) is 45.1 Å². The van der Waals surface area contributed by atoms with E-state index in [4.69, 9.17) is 10.3 Å². The summed E-state index contributed by atoms with van der Waals surface area (Å²) in [4.78, 5) is 0. The van der Waals surface area contributed by atoms with Gasteiger partial charge >= 0.3 is 0 Å². The fraction of sp³-hybridized carbons (Fsp3) is 0.700. The fourth-order valence-electron chi connectivity index (χ4n) is 1.89. The molecule has 0 amide bonds. The van der Waals surface area contributed by atoms with Crippen LogP contribution in [0.1, 0.15) is 43.7 Å². The molecule has 0 aliphatic heterocycles. The Morgan fingerprint density at radius 3 is 2.69 bits per heavy atom. The number of nitrogens with two attached hydrogens (primary N) is 1. The summed E-state index contributed by atoms with van der Waals surface area (Å²) in [6.45, 7) is 3.94. The van der Waals surface area contributed by atoms with Gasteiger partial charge in [0, 0.05) is 12.0 Å². The molecule has 1 aliphatic rings. The zero-order valence-corrected chi connectivity index (χ0v) is 8.26. The third-order valence-electron chi connectivity index (χ3n) is 2.56. The number of nitrogens with zero attached hydrogens (tertiary/aromatic N) is 1. The van der Waals surface area contributed by atoms with E-state index in [9.17, 15) is 0 Å². The van der Waals surface area contributed by atoms with Crippen molar-refractivity contribution >= 4 is 0 Å². The third-order valence-corrected chi connectivity index (χ3v) is 2.56. The zero-order valence-electron chi connectivity index (χ0n) is 8.26. The standard InChI is InChI=1S/C10H16N2O/c1-10(2,11)9-7-5-3-4-6-8(7)13-12-9/h3-6,11H2,1-2H3. The summed E-state index contributed by atoms with van der Waals surface area (Å²) in [7, 11) is 0. The second-order valence-corrected chi connectivity index (χ2v) is 4.36. The van der Waals surface area contributed by atoms with Gasteiger partial charge in [0.05, 0.1) is 5.54 Å². The highest BCUT2D eigenvalue weighted by Gasteiger charge is 2.27. The van der Waals surface area contributed by atoms with Crippen molar-refractivity contribution in [2.24, 2.45) is 5.73 Å². The van der Waals surface area contributed by atoms with Gasteiger partial charge in [-0.2, -0.15) is 0 Å². The number of aryl methyl sites for hydroxylation is 1. The number of fused-ring (bicyclic) bond motifs is 1. The van der Waals surface area contributed by atoms with Gasteiger partial charge in [-0.15, -0.1) is 0 Å². The minimum absolute atomic E-state index is 0.367. The predicted octanol–water partition coefficient (Wildman–Crippen LogP) is 1.75. The highest BCUT2D eigenvalue weighted by molar-refractivity contribution is 5.29. The van der Waals surface area contributed by atoms with Crippen LogP contribution in [0, 0.1) is 0 Å². The highest BCUT2D eigenvalue weighted by Crippen LogP contribution is 2.29. The molecule has 0 atom stereocenters. The molecule has 1 heterocycles. The second kappa shape index (κ2) is 2.84. The van der Waals surface area contributed by atoms with Gasteiger partial charge in [0.15, 0.2) is 0 Å². The van der Waals surface area contributed by atoms with E-state index in [1.807, 2.05) is 13.8 Å². The number of rotatable bonds is 1. The molecule has 0 saturated heterocycles. The van der Waals surface area contributed by atoms with E-state index in [0.717, 1.165) is 24.3 Å². The van der Waals surface area contributed by atoms with E-state index < -0.39 is 0 Å². The smallest absolute Gasteiger partial charge is 0.140 e. The van der Waals surface area contributed by atoms with Gasteiger partial charge in [0.25, 0.3) is 0 Å². The van der Waals surface area contributed by atoms with Crippen LogP contribution in [-0.2, 0) is 18.4 Å². The maximum Gasteiger partial charge on any atom is 0.140 e. The van der Waals surface area contributed by atoms with Gasteiger partial charge in [0.2, 0.25) is 0 Å². The van der Waals surface area contributed by atoms with E-state index in [0.29, 0.717) is 0 Å². The Labute approximate surface area is 78.3 Å². The molecule has 1 aromatic heterocycles. The molecule has 72 valence electrons. The zero-order chi connectivity index (χ0) is 9.47. The van der Waals surface area contributed by atoms with Crippen molar-refractivity contribution < 1.29 is 4.52 Å². The number of hydrogen-bond donors (Lipinski definition) is 1. The van der Waals surface area contributed by atoms with Crippen LogP contribution in [0.25, 0.3) is 0 Å². The molecule has 0 fully saturated rings. The summed E-state index contributed by atoms with van der Waals surface area (Å²) < 4.78 is 5.28. The predicted molar refractivity (Wildman–Crippen MR) is 50.4 cm³/mol. The first-order valence-corrected chi connectivity index (χ1v) is 4.86. The molecule has 3 heteroatoms. The topological polar surface area (TPSA) is 52.0 Å². The van der Waals surface area contributed by atoms with Crippen LogP contribution in [0.4, 0.5) is 0 Å². The maximum atomic E-state index is 6.00. The molecular weight excluding hydrogens is 164 g/mol. The van der Waals surface area contributed by atoms with E-state index in [2.05, 4.69) is 5.16 Å². The minimum Gasteiger partial charge on any atom is -0.361 e. The average molecular weight is 180 g/mol. The number of hydrogen-bond acceptors (Lipinski definition) is 3. The van der Waals surface area contributed by atoms with Gasteiger partial charge < -0.3 is 10.3 Å². The van der Waals surface area contributed by atoms with Gasteiger partial charge in [-0.1, -0.05) is 5.16 Å². The van der Waals surface area contributed by atoms with Gasteiger partial charge in [0.1, 0.15) is 11.5 Å². The fourth-order valence-corrected chi connectivity index (χ4v) is 1.89. The lowest BCUT2D eigenvalue weighted by molar-refractivity contribution is 0.356. The van der Waals surface area contributed by atoms with E-state index in [1.165, 1.54) is 18.4 Å². The first-order chi connectivity index (χ1) is 6.09. The Balaban J connectivity index is 2.43. The summed E-state index contributed by atoms with van der Waals surface area (Å²) in [5, 5.41) is 4.07. The Bertz CT molecular complexity index is 309. The minimum atomic E-state index is -0.367. The van der Waals surface area contributed by atoms with Crippen LogP contribution < -0.4 is 5.73 Å². The van der Waals surface area contributed by atoms with E-state index in [-0.39, 0.29) is 5.54 Å². The van der Waals surface area contributed by atoms with Crippen molar-refractivity contribution in [1.29, 1.82) is 0 Å². The summed E-state index contributed by atoms with van der Waals surface area (Å²) in [6.07, 6.45) is 4.55. The monoisotopic (exact) mass is 180 g/mol. The molecule has 2 N–H and O–H groups in total. The molecular formula is C10H16N2O. The van der Waals surface area contributed by atoms with E-state index in [1.54, 1.807) is 0 Å². The molecule has 0 bridgehead atoms. The lowest BCUT2D eigenvalue weighted by atomic mass is 9.90. The van der Waals surface area contributed by atoms with Crippen LogP contribution in [0.3, 0.4) is 0 Å². The first kappa shape index (κ1) is 8.75. The first-order valence-electron chi connectivity index (χ1n) is 4.86. The molecule has 0 aromatic carbocycles. The largest absolute Gasteiger partial charge is 0.361 e. The van der Waals surface area contributed by atoms with Gasteiger partial charge in [-0.05, 0) is 33.1 Å². The van der Waals surface area contributed by atoms with Crippen LogP contribution >= 0.6 is 0 Å². The second-order valence-electron chi connectivity index (χ2n) is 4.36. The lowest BCUT2D eigenvalue weighted by Gasteiger charge is -2.18. The lowest BCUT2D eigenvalue weighted by Crippen LogP contribution is -2.30. The summed E-state index contributed by atoms with van der Waals surface area (Å²) in [5.74, 6) is 1.06. The molecule has 0 radical (unpaired) electrons. The molecule has 0 spiro atoms. The molecule has 2 rings (SSSR count). The van der Waals surface area contributed by atoms with Crippen molar-refractivity contribution in [3.8, 4) is 0 Å². The van der Waals surface area contributed by atoms with Crippen LogP contribution in [0.5, 0.6) is 0 Å². The highest BCUT2D eigenvalue weighted by atomic mass is 16.5. The molecule has 3 nitrogen and oxygen atoms in total. The Hall–Kier alpha value is -0.830. The average Bonchev–Trinajstić information content (AvgIpc) is 2.45. The van der Waals surface area contributed by atoms with E-state index >= 15 is 0 Å². The van der Waals surface area contributed by atoms with Crippen LogP contribution in [0.2, 0.25) is 0 Å². The van der Waals surface area contributed by atoms with Crippen LogP contribution in [-0.4, -0.2) is 5.16 Å². The Kier molecular flexibility index (Phi) is 1.91. The Morgan fingerprint density at radius 2 is 2.00 bits per heavy atom. The summed E-state index contributed by atoms with van der Waals surface area (Å²) in [6, 6.07) is 0. The number of aromatic nitrogens is 1.